The van der Waals surface area contributed by atoms with Gasteiger partial charge in [-0.15, -0.1) is 0 Å². The number of nitrogens with one attached hydrogen (secondary N) is 1. The van der Waals surface area contributed by atoms with Crippen molar-refractivity contribution in [3.63, 3.8) is 0 Å². The summed E-state index contributed by atoms with van der Waals surface area (Å²) in [5, 5.41) is 3.24. The van der Waals surface area contributed by atoms with Crippen LogP contribution in [0.3, 0.4) is 0 Å². The van der Waals surface area contributed by atoms with Crippen molar-refractivity contribution in [2.45, 2.75) is 26.3 Å². The van der Waals surface area contributed by atoms with Gasteiger partial charge in [0.05, 0.1) is 6.54 Å². The Morgan fingerprint density at radius 2 is 1.94 bits per heavy atom. The van der Waals surface area contributed by atoms with Gasteiger partial charge in [0, 0.05) is 11.9 Å². The molecule has 0 aliphatic rings. The summed E-state index contributed by atoms with van der Waals surface area (Å²) in [6.45, 7) is 2.53. The number of aromatic nitrogens is 2. The van der Waals surface area contributed by atoms with Crippen LogP contribution in [0.15, 0.2) is 36.5 Å². The Morgan fingerprint density at radius 3 is 2.61 bits per heavy atom. The monoisotopic (exact) mass is 242 g/mol. The number of benzene rings is 1. The molecule has 0 aliphatic carbocycles. The Morgan fingerprint density at radius 1 is 1.17 bits per heavy atom. The highest BCUT2D eigenvalue weighted by Gasteiger charge is 1.99. The molecule has 0 aliphatic heterocycles. The van der Waals surface area contributed by atoms with Gasteiger partial charge in [-0.2, -0.15) is 0 Å². The van der Waals surface area contributed by atoms with Crippen LogP contribution in [0.25, 0.3) is 0 Å². The van der Waals surface area contributed by atoms with Crippen molar-refractivity contribution >= 4 is 11.5 Å². The molecule has 1 heterocycles. The number of aryl methyl sites for hydroxylation is 1. The zero-order chi connectivity index (χ0) is 12.8. The van der Waals surface area contributed by atoms with Gasteiger partial charge in [0.2, 0.25) is 0 Å². The lowest BCUT2D eigenvalue weighted by molar-refractivity contribution is 0.911. The number of nitrogens with two attached hydrogens (primary N) is 1. The lowest BCUT2D eigenvalue weighted by Gasteiger charge is -2.07. The van der Waals surface area contributed by atoms with Crippen LogP contribution in [0.5, 0.6) is 0 Å². The molecule has 0 saturated heterocycles. The summed E-state index contributed by atoms with van der Waals surface area (Å²) in [4.78, 5) is 8.36. The number of rotatable bonds is 5. The van der Waals surface area contributed by atoms with Crippen molar-refractivity contribution < 1.29 is 0 Å². The van der Waals surface area contributed by atoms with Gasteiger partial charge in [0.15, 0.2) is 0 Å². The van der Waals surface area contributed by atoms with Gasteiger partial charge in [-0.05, 0) is 30.2 Å². The second-order valence-electron chi connectivity index (χ2n) is 4.13. The Balaban J connectivity index is 2.08. The van der Waals surface area contributed by atoms with Gasteiger partial charge in [0.25, 0.3) is 0 Å². The highest BCUT2D eigenvalue weighted by atomic mass is 15.0. The van der Waals surface area contributed by atoms with E-state index in [4.69, 9.17) is 5.73 Å². The highest BCUT2D eigenvalue weighted by Crippen LogP contribution is 2.15. The maximum atomic E-state index is 5.51. The van der Waals surface area contributed by atoms with Crippen molar-refractivity contribution in [2.24, 2.45) is 5.73 Å². The average molecular weight is 242 g/mol. The standard InChI is InChI=1S/C14H18N4/c1-2-3-11-4-6-12(7-5-11)17-13-8-9-16-14(10-15)18-13/h4-9H,2-3,10,15H2,1H3,(H,16,17,18). The van der Waals surface area contributed by atoms with Gasteiger partial charge in [0.1, 0.15) is 11.6 Å². The maximum Gasteiger partial charge on any atom is 0.144 e. The van der Waals surface area contributed by atoms with Crippen molar-refractivity contribution in [1.29, 1.82) is 0 Å². The Bertz CT molecular complexity index is 493. The molecule has 0 amide bonds. The summed E-state index contributed by atoms with van der Waals surface area (Å²) in [7, 11) is 0. The molecule has 1 aromatic heterocycles. The average Bonchev–Trinajstić information content (AvgIpc) is 2.42. The van der Waals surface area contributed by atoms with E-state index < -0.39 is 0 Å². The molecule has 0 atom stereocenters. The van der Waals surface area contributed by atoms with Gasteiger partial charge >= 0.3 is 0 Å². The molecule has 0 bridgehead atoms. The molecule has 18 heavy (non-hydrogen) atoms. The van der Waals surface area contributed by atoms with Crippen molar-refractivity contribution in [3.05, 3.63) is 47.9 Å². The van der Waals surface area contributed by atoms with E-state index in [1.807, 2.05) is 6.07 Å². The summed E-state index contributed by atoms with van der Waals surface area (Å²) < 4.78 is 0. The zero-order valence-corrected chi connectivity index (χ0v) is 10.6. The van der Waals surface area contributed by atoms with Crippen molar-refractivity contribution in [1.82, 2.24) is 9.97 Å². The molecule has 0 unspecified atom stereocenters. The topological polar surface area (TPSA) is 63.8 Å². The quantitative estimate of drug-likeness (QED) is 0.846. The Hall–Kier alpha value is -1.94. The molecule has 0 saturated carbocycles. The molecule has 2 rings (SSSR count). The molecule has 2 aromatic rings. The van der Waals surface area contributed by atoms with Crippen LogP contribution >= 0.6 is 0 Å². The molecular weight excluding hydrogens is 224 g/mol. The van der Waals surface area contributed by atoms with Gasteiger partial charge in [-0.25, -0.2) is 9.97 Å². The van der Waals surface area contributed by atoms with Crippen LogP contribution < -0.4 is 11.1 Å². The minimum atomic E-state index is 0.352. The van der Waals surface area contributed by atoms with Crippen molar-refractivity contribution in [3.8, 4) is 0 Å². The van der Waals surface area contributed by atoms with Crippen LogP contribution in [0.1, 0.15) is 24.7 Å². The summed E-state index contributed by atoms with van der Waals surface area (Å²) in [5.74, 6) is 1.41. The van der Waals surface area contributed by atoms with E-state index >= 15 is 0 Å². The smallest absolute Gasteiger partial charge is 0.144 e. The number of anilines is 2. The fraction of sp³-hybridized carbons (Fsp3) is 0.286. The molecule has 0 fully saturated rings. The van der Waals surface area contributed by atoms with Crippen LogP contribution in [0, 0.1) is 0 Å². The molecular formula is C14H18N4. The third kappa shape index (κ3) is 3.28. The molecule has 4 nitrogen and oxygen atoms in total. The van der Waals surface area contributed by atoms with E-state index in [-0.39, 0.29) is 0 Å². The number of hydrogen-bond donors (Lipinski definition) is 2. The first-order valence-corrected chi connectivity index (χ1v) is 6.19. The normalized spacial score (nSPS) is 10.3. The Kier molecular flexibility index (Phi) is 4.25. The summed E-state index contributed by atoms with van der Waals surface area (Å²) in [5.41, 5.74) is 7.89. The van der Waals surface area contributed by atoms with E-state index in [1.165, 1.54) is 12.0 Å². The minimum absolute atomic E-state index is 0.352. The van der Waals surface area contributed by atoms with Gasteiger partial charge in [-0.3, -0.25) is 0 Å². The molecule has 0 spiro atoms. The lowest BCUT2D eigenvalue weighted by Crippen LogP contribution is -2.04. The SMILES string of the molecule is CCCc1ccc(Nc2ccnc(CN)n2)cc1. The molecule has 4 heteroatoms. The van der Waals surface area contributed by atoms with Gasteiger partial charge in [-0.1, -0.05) is 25.5 Å². The maximum absolute atomic E-state index is 5.51. The van der Waals surface area contributed by atoms with E-state index in [0.717, 1.165) is 17.9 Å². The van der Waals surface area contributed by atoms with Crippen LogP contribution in [0.4, 0.5) is 11.5 Å². The Labute approximate surface area is 107 Å². The predicted octanol–water partition coefficient (Wildman–Crippen LogP) is 2.63. The highest BCUT2D eigenvalue weighted by molar-refractivity contribution is 5.56. The van der Waals surface area contributed by atoms with Crippen LogP contribution in [0.2, 0.25) is 0 Å². The molecule has 94 valence electrons. The summed E-state index contributed by atoms with van der Waals surface area (Å²) in [6, 6.07) is 10.2. The number of nitrogens with zero attached hydrogens (tertiary/aromatic N) is 2. The van der Waals surface area contributed by atoms with E-state index in [2.05, 4.69) is 46.5 Å². The third-order valence-electron chi connectivity index (χ3n) is 2.65. The second-order valence-corrected chi connectivity index (χ2v) is 4.13. The zero-order valence-electron chi connectivity index (χ0n) is 10.6. The van der Waals surface area contributed by atoms with Gasteiger partial charge < -0.3 is 11.1 Å². The van der Waals surface area contributed by atoms with Crippen LogP contribution in [-0.2, 0) is 13.0 Å². The second kappa shape index (κ2) is 6.12. The fourth-order valence-corrected chi connectivity index (χ4v) is 1.76. The lowest BCUT2D eigenvalue weighted by atomic mass is 10.1. The number of hydrogen-bond acceptors (Lipinski definition) is 4. The molecule has 3 N–H and O–H groups in total. The summed E-state index contributed by atoms with van der Waals surface area (Å²) >= 11 is 0. The molecule has 0 radical (unpaired) electrons. The van der Waals surface area contributed by atoms with E-state index in [9.17, 15) is 0 Å². The van der Waals surface area contributed by atoms with Crippen molar-refractivity contribution in [2.75, 3.05) is 5.32 Å². The first-order valence-electron chi connectivity index (χ1n) is 6.19. The first kappa shape index (κ1) is 12.5. The van der Waals surface area contributed by atoms with Crippen LogP contribution in [-0.4, -0.2) is 9.97 Å². The summed E-state index contributed by atoms with van der Waals surface area (Å²) in [6.07, 6.45) is 3.99. The fourth-order valence-electron chi connectivity index (χ4n) is 1.76. The van der Waals surface area contributed by atoms with E-state index in [0.29, 0.717) is 12.4 Å². The third-order valence-corrected chi connectivity index (χ3v) is 2.65. The van der Waals surface area contributed by atoms with E-state index in [1.54, 1.807) is 6.20 Å². The predicted molar refractivity (Wildman–Crippen MR) is 73.6 cm³/mol. The molecule has 1 aromatic carbocycles. The first-order chi connectivity index (χ1) is 8.81. The minimum Gasteiger partial charge on any atom is -0.340 e. The largest absolute Gasteiger partial charge is 0.340 e.